The molecule has 3 atom stereocenters. The number of aliphatic hydroxyl groups is 1. The lowest BCUT2D eigenvalue weighted by Crippen LogP contribution is -2.62. The zero-order chi connectivity index (χ0) is 33.4. The SMILES string of the molecule is CCCN(CCC)C(=O)c1cc(C)cc(C(=O)N[C@@H](Cc2cc(F)cc(F)c2)[C@H](O)C2CN(S(=O)(=O)c3ccccc3)CCN2)c1. The average Bonchev–Trinajstić information content (AvgIpc) is 3.03. The summed E-state index contributed by atoms with van der Waals surface area (Å²) in [5.41, 5.74) is 1.42. The maximum atomic E-state index is 14.1. The molecule has 12 heteroatoms. The molecule has 1 aliphatic rings. The third kappa shape index (κ3) is 8.75. The van der Waals surface area contributed by atoms with Crippen LogP contribution in [-0.4, -0.2) is 85.5 Å². The number of carbonyl (C=O) groups is 2. The Kier molecular flexibility index (Phi) is 12.0. The van der Waals surface area contributed by atoms with Crippen LogP contribution in [0.25, 0.3) is 0 Å². The van der Waals surface area contributed by atoms with Gasteiger partial charge >= 0.3 is 0 Å². The van der Waals surface area contributed by atoms with E-state index in [0.29, 0.717) is 24.2 Å². The first-order valence-corrected chi connectivity index (χ1v) is 17.0. The number of rotatable bonds is 13. The fourth-order valence-electron chi connectivity index (χ4n) is 5.79. The molecule has 1 fully saturated rings. The number of halogens is 2. The largest absolute Gasteiger partial charge is 0.389 e. The van der Waals surface area contributed by atoms with Gasteiger partial charge in [-0.1, -0.05) is 32.0 Å². The number of aryl methyl sites for hydroxylation is 1. The Hall–Kier alpha value is -3.71. The highest BCUT2D eigenvalue weighted by Crippen LogP contribution is 2.21. The van der Waals surface area contributed by atoms with E-state index in [9.17, 15) is 31.9 Å². The van der Waals surface area contributed by atoms with E-state index in [2.05, 4.69) is 10.6 Å². The molecule has 1 aliphatic heterocycles. The number of amides is 2. The van der Waals surface area contributed by atoms with Crippen LogP contribution in [0.3, 0.4) is 0 Å². The van der Waals surface area contributed by atoms with Crippen molar-refractivity contribution in [2.45, 2.75) is 63.1 Å². The average molecular weight is 657 g/mol. The van der Waals surface area contributed by atoms with Gasteiger partial charge < -0.3 is 20.6 Å². The van der Waals surface area contributed by atoms with Crippen molar-refractivity contribution in [3.8, 4) is 0 Å². The quantitative estimate of drug-likeness (QED) is 0.257. The minimum absolute atomic E-state index is 0.101. The second-order valence-corrected chi connectivity index (χ2v) is 13.6. The molecule has 3 N–H and O–H groups in total. The minimum atomic E-state index is -3.86. The molecule has 248 valence electrons. The maximum Gasteiger partial charge on any atom is 0.253 e. The summed E-state index contributed by atoms with van der Waals surface area (Å²) in [5.74, 6) is -2.41. The summed E-state index contributed by atoms with van der Waals surface area (Å²) in [4.78, 5) is 28.9. The molecule has 1 heterocycles. The topological polar surface area (TPSA) is 119 Å². The Morgan fingerprint density at radius 3 is 2.26 bits per heavy atom. The molecule has 2 amide bonds. The van der Waals surface area contributed by atoms with Gasteiger partial charge in [0.1, 0.15) is 11.6 Å². The van der Waals surface area contributed by atoms with Gasteiger partial charge in [0.25, 0.3) is 11.8 Å². The van der Waals surface area contributed by atoms with Crippen LogP contribution in [0.5, 0.6) is 0 Å². The summed E-state index contributed by atoms with van der Waals surface area (Å²) in [5, 5.41) is 17.6. The molecular formula is C34H42F2N4O5S. The molecule has 0 aliphatic carbocycles. The monoisotopic (exact) mass is 656 g/mol. The standard InChI is InChI=1S/C34H42F2N4O5S/c1-4-12-39(13-5-2)34(43)26-16-23(3)15-25(20-26)33(42)38-30(19-24-17-27(35)21-28(36)18-24)32(41)31-22-40(14-11-37-31)46(44,45)29-9-7-6-8-10-29/h6-10,15-18,20-21,30-32,37,41H,4-5,11-14,19,22H2,1-3H3,(H,38,42)/t30-,31?,32-/m0/s1. The van der Waals surface area contributed by atoms with Gasteiger partial charge in [-0.05, 0) is 79.8 Å². The predicted octanol–water partition coefficient (Wildman–Crippen LogP) is 3.90. The lowest BCUT2D eigenvalue weighted by atomic mass is 9.94. The molecule has 3 aromatic rings. The Bertz CT molecular complexity index is 1600. The van der Waals surface area contributed by atoms with Gasteiger partial charge in [-0.25, -0.2) is 17.2 Å². The molecule has 0 radical (unpaired) electrons. The highest BCUT2D eigenvalue weighted by molar-refractivity contribution is 7.89. The van der Waals surface area contributed by atoms with Gasteiger partial charge in [0.15, 0.2) is 0 Å². The number of nitrogens with one attached hydrogen (secondary N) is 2. The molecule has 1 saturated heterocycles. The van der Waals surface area contributed by atoms with Crippen LogP contribution in [0, 0.1) is 18.6 Å². The van der Waals surface area contributed by atoms with E-state index in [-0.39, 0.29) is 48.0 Å². The number of aliphatic hydroxyl groups excluding tert-OH is 1. The first kappa shape index (κ1) is 35.1. The second-order valence-electron chi connectivity index (χ2n) is 11.7. The van der Waals surface area contributed by atoms with Crippen molar-refractivity contribution in [3.05, 3.63) is 101 Å². The van der Waals surface area contributed by atoms with Gasteiger partial charge in [0.2, 0.25) is 10.0 Å². The normalized spacial score (nSPS) is 16.9. The minimum Gasteiger partial charge on any atom is -0.389 e. The smallest absolute Gasteiger partial charge is 0.253 e. The van der Waals surface area contributed by atoms with E-state index < -0.39 is 45.8 Å². The van der Waals surface area contributed by atoms with Crippen molar-refractivity contribution in [1.82, 2.24) is 19.8 Å². The van der Waals surface area contributed by atoms with Gasteiger partial charge in [-0.3, -0.25) is 9.59 Å². The molecular weight excluding hydrogens is 614 g/mol. The third-order valence-electron chi connectivity index (χ3n) is 7.93. The highest BCUT2D eigenvalue weighted by atomic mass is 32.2. The van der Waals surface area contributed by atoms with Crippen molar-refractivity contribution in [2.24, 2.45) is 0 Å². The van der Waals surface area contributed by atoms with Crippen LogP contribution in [-0.2, 0) is 16.4 Å². The van der Waals surface area contributed by atoms with E-state index in [0.717, 1.165) is 31.0 Å². The van der Waals surface area contributed by atoms with E-state index >= 15 is 0 Å². The number of carbonyl (C=O) groups excluding carboxylic acids is 2. The lowest BCUT2D eigenvalue weighted by molar-refractivity contribution is 0.0600. The number of piperazine rings is 1. The van der Waals surface area contributed by atoms with E-state index in [1.54, 1.807) is 42.2 Å². The summed E-state index contributed by atoms with van der Waals surface area (Å²) in [7, 11) is -3.86. The fraction of sp³-hybridized carbons (Fsp3) is 0.412. The highest BCUT2D eigenvalue weighted by Gasteiger charge is 2.37. The molecule has 9 nitrogen and oxygen atoms in total. The molecule has 4 rings (SSSR count). The predicted molar refractivity (Wildman–Crippen MR) is 172 cm³/mol. The Labute approximate surface area is 269 Å². The van der Waals surface area contributed by atoms with Crippen LogP contribution < -0.4 is 10.6 Å². The number of benzene rings is 3. The van der Waals surface area contributed by atoms with Crippen molar-refractivity contribution < 1.29 is 31.9 Å². The van der Waals surface area contributed by atoms with Gasteiger partial charge in [-0.2, -0.15) is 4.31 Å². The molecule has 0 spiro atoms. The molecule has 0 saturated carbocycles. The molecule has 1 unspecified atom stereocenters. The summed E-state index contributed by atoms with van der Waals surface area (Å²) >= 11 is 0. The zero-order valence-corrected chi connectivity index (χ0v) is 27.2. The Morgan fingerprint density at radius 2 is 1.63 bits per heavy atom. The molecule has 3 aromatic carbocycles. The maximum absolute atomic E-state index is 14.1. The van der Waals surface area contributed by atoms with Gasteiger partial charge in [0.05, 0.1) is 17.0 Å². The Balaban J connectivity index is 1.61. The number of nitrogens with zero attached hydrogens (tertiary/aromatic N) is 2. The fourth-order valence-corrected chi connectivity index (χ4v) is 7.27. The summed E-state index contributed by atoms with van der Waals surface area (Å²) < 4.78 is 56.2. The first-order chi connectivity index (χ1) is 21.9. The van der Waals surface area contributed by atoms with Crippen LogP contribution in [0.15, 0.2) is 71.6 Å². The summed E-state index contributed by atoms with van der Waals surface area (Å²) in [6, 6.07) is 13.9. The third-order valence-corrected chi connectivity index (χ3v) is 9.81. The first-order valence-electron chi connectivity index (χ1n) is 15.6. The van der Waals surface area contributed by atoms with Crippen molar-refractivity contribution in [2.75, 3.05) is 32.7 Å². The van der Waals surface area contributed by atoms with Crippen LogP contribution in [0.4, 0.5) is 8.78 Å². The molecule has 0 bridgehead atoms. The van der Waals surface area contributed by atoms with Crippen LogP contribution in [0.1, 0.15) is 58.5 Å². The number of sulfonamides is 1. The van der Waals surface area contributed by atoms with Crippen molar-refractivity contribution in [3.63, 3.8) is 0 Å². The van der Waals surface area contributed by atoms with E-state index in [4.69, 9.17) is 0 Å². The van der Waals surface area contributed by atoms with E-state index in [1.807, 2.05) is 13.8 Å². The number of hydrogen-bond donors (Lipinski definition) is 3. The van der Waals surface area contributed by atoms with Gasteiger partial charge in [-0.15, -0.1) is 0 Å². The van der Waals surface area contributed by atoms with E-state index in [1.165, 1.54) is 22.5 Å². The molecule has 46 heavy (non-hydrogen) atoms. The van der Waals surface area contributed by atoms with Crippen molar-refractivity contribution in [1.29, 1.82) is 0 Å². The van der Waals surface area contributed by atoms with Crippen LogP contribution in [0.2, 0.25) is 0 Å². The molecule has 0 aromatic heterocycles. The lowest BCUT2D eigenvalue weighted by Gasteiger charge is -2.38. The summed E-state index contributed by atoms with van der Waals surface area (Å²) in [6.45, 7) is 7.19. The van der Waals surface area contributed by atoms with Crippen LogP contribution >= 0.6 is 0 Å². The summed E-state index contributed by atoms with van der Waals surface area (Å²) in [6.07, 6.45) is 0.0536. The number of hydrogen-bond acceptors (Lipinski definition) is 6. The van der Waals surface area contributed by atoms with Gasteiger partial charge in [0, 0.05) is 56.0 Å². The second kappa shape index (κ2) is 15.7. The Morgan fingerprint density at radius 1 is 1.00 bits per heavy atom. The van der Waals surface area contributed by atoms with Crippen molar-refractivity contribution >= 4 is 21.8 Å². The zero-order valence-electron chi connectivity index (χ0n) is 26.4.